The number of nitro groups is 1. The standard InChI is InChI=1S/C14H13NO7S.C11H10Cl2F2N4O3S.C3H8NO5P/c1-23(21,22)8-5-6-9(10(7-8)15(19)20)14(18)13-11(16)3-2-4-12(13)17;1-5-16-19(11(20)18(5)10(14)15)9-4-8(17-23(2,21)22)6(12)3-7(9)13;5-3(6)1-4-2-10(7,8)9/h5-7,13H,2-4H2,1H3;3-4,10,17H,1-2H3;4H,1-2H2,(H,5,6)(H2,7,8,9). The number of aliphatic carboxylic acids is 1. The van der Waals surface area contributed by atoms with Crippen molar-refractivity contribution >= 4 is 85.4 Å². The number of alkyl halides is 2. The summed E-state index contributed by atoms with van der Waals surface area (Å²) in [7, 11) is -11.4. The van der Waals surface area contributed by atoms with E-state index in [0.29, 0.717) is 11.1 Å². The van der Waals surface area contributed by atoms with Crippen molar-refractivity contribution in [2.24, 2.45) is 5.92 Å². The predicted octanol–water partition coefficient (Wildman–Crippen LogP) is 2.33. The van der Waals surface area contributed by atoms with E-state index in [4.69, 9.17) is 38.1 Å². The number of benzene rings is 2. The van der Waals surface area contributed by atoms with Crippen LogP contribution in [-0.4, -0.2) is 99.7 Å². The Morgan fingerprint density at radius 1 is 1.05 bits per heavy atom. The van der Waals surface area contributed by atoms with Gasteiger partial charge in [-0.1, -0.05) is 23.2 Å². The Hall–Kier alpha value is -4.49. The predicted molar refractivity (Wildman–Crippen MR) is 193 cm³/mol. The number of carbonyl (C=O) groups is 4. The number of halogens is 4. The molecule has 0 aliphatic heterocycles. The molecular formula is C28H31Cl2F2N6O15PS2. The number of nitrogens with zero attached hydrogens (tertiary/aromatic N) is 4. The van der Waals surface area contributed by atoms with Crippen molar-refractivity contribution in [2.75, 3.05) is 30.1 Å². The molecule has 4 rings (SSSR count). The van der Waals surface area contributed by atoms with Gasteiger partial charge in [0.25, 0.3) is 5.69 Å². The lowest BCUT2D eigenvalue weighted by Gasteiger charge is -2.18. The number of rotatable bonds is 12. The van der Waals surface area contributed by atoms with Crippen LogP contribution in [0.25, 0.3) is 5.69 Å². The van der Waals surface area contributed by atoms with E-state index in [9.17, 15) is 64.3 Å². The molecule has 1 saturated carbocycles. The quantitative estimate of drug-likeness (QED) is 0.0573. The van der Waals surface area contributed by atoms with Crippen molar-refractivity contribution in [1.82, 2.24) is 19.7 Å². The monoisotopic (exact) mass is 894 g/mol. The molecular weight excluding hydrogens is 864 g/mol. The number of nitro benzene ring substituents is 1. The van der Waals surface area contributed by atoms with Gasteiger partial charge in [0.1, 0.15) is 11.7 Å². The molecule has 3 aromatic rings. The second-order valence-corrected chi connectivity index (χ2v) is 17.7. The minimum Gasteiger partial charge on any atom is -0.480 e. The molecule has 1 heterocycles. The topological polar surface area (TPSA) is 321 Å². The highest BCUT2D eigenvalue weighted by atomic mass is 35.5. The van der Waals surface area contributed by atoms with Crippen LogP contribution in [0.5, 0.6) is 0 Å². The molecule has 1 aliphatic rings. The summed E-state index contributed by atoms with van der Waals surface area (Å²) >= 11 is 11.8. The molecule has 0 amide bonds. The number of carbonyl (C=O) groups excluding carboxylic acids is 3. The van der Waals surface area contributed by atoms with Gasteiger partial charge in [-0.25, -0.2) is 26.2 Å². The van der Waals surface area contributed by atoms with Crippen LogP contribution in [0, 0.1) is 23.0 Å². The highest BCUT2D eigenvalue weighted by Crippen LogP contribution is 2.33. The van der Waals surface area contributed by atoms with Gasteiger partial charge in [0, 0.05) is 25.2 Å². The number of sulfonamides is 1. The molecule has 28 heteroatoms. The van der Waals surface area contributed by atoms with Crippen molar-refractivity contribution < 1.29 is 69.2 Å². The molecule has 0 unspecified atom stereocenters. The molecule has 0 bridgehead atoms. The van der Waals surface area contributed by atoms with Crippen LogP contribution in [0.15, 0.2) is 40.0 Å². The fourth-order valence-electron chi connectivity index (χ4n) is 4.60. The number of sulfone groups is 1. The first-order chi connectivity index (χ1) is 25.6. The lowest BCUT2D eigenvalue weighted by molar-refractivity contribution is -0.385. The van der Waals surface area contributed by atoms with E-state index in [1.165, 1.54) is 13.0 Å². The number of carboxylic acids is 1. The molecule has 0 radical (unpaired) electrons. The van der Waals surface area contributed by atoms with Gasteiger partial charge in [0.2, 0.25) is 10.0 Å². The number of Topliss-reactive ketones (excluding diaryl/α,β-unsaturated/α-hetero) is 3. The van der Waals surface area contributed by atoms with Gasteiger partial charge in [-0.15, -0.1) is 5.10 Å². The fraction of sp³-hybridized carbons (Fsp3) is 0.357. The molecule has 5 N–H and O–H groups in total. The van der Waals surface area contributed by atoms with Gasteiger partial charge in [-0.2, -0.15) is 13.5 Å². The summed E-state index contributed by atoms with van der Waals surface area (Å²) in [6.45, 7) is -2.29. The number of anilines is 1. The lowest BCUT2D eigenvalue weighted by Crippen LogP contribution is -2.35. The largest absolute Gasteiger partial charge is 0.480 e. The van der Waals surface area contributed by atoms with Gasteiger partial charge in [-0.05, 0) is 37.6 Å². The Bertz CT molecular complexity index is 2370. The number of aryl methyl sites for hydroxylation is 1. The molecule has 1 fully saturated rings. The molecule has 1 aliphatic carbocycles. The number of aromatic nitrogens is 3. The third-order valence-electron chi connectivity index (χ3n) is 6.94. The Balaban J connectivity index is 0.000000314. The molecule has 308 valence electrons. The zero-order valence-electron chi connectivity index (χ0n) is 28.9. The maximum Gasteiger partial charge on any atom is 0.355 e. The van der Waals surface area contributed by atoms with Crippen molar-refractivity contribution in [2.45, 2.75) is 37.6 Å². The van der Waals surface area contributed by atoms with E-state index >= 15 is 0 Å². The second kappa shape index (κ2) is 19.1. The minimum atomic E-state index is -4.10. The van der Waals surface area contributed by atoms with Gasteiger partial charge < -0.3 is 14.9 Å². The molecule has 0 atom stereocenters. The van der Waals surface area contributed by atoms with Gasteiger partial charge in [0.15, 0.2) is 27.2 Å². The maximum atomic E-state index is 12.8. The average molecular weight is 896 g/mol. The fourth-order valence-corrected chi connectivity index (χ4v) is 6.78. The zero-order valence-corrected chi connectivity index (χ0v) is 32.9. The molecule has 1 aromatic heterocycles. The average Bonchev–Trinajstić information content (AvgIpc) is 3.33. The zero-order chi connectivity index (χ0) is 43.1. The summed E-state index contributed by atoms with van der Waals surface area (Å²) in [5.41, 5.74) is -2.44. The number of hydrogen-bond donors (Lipinski definition) is 5. The molecule has 0 saturated heterocycles. The first-order valence-corrected chi connectivity index (χ1v) is 21.4. The highest BCUT2D eigenvalue weighted by molar-refractivity contribution is 7.92. The van der Waals surface area contributed by atoms with E-state index in [2.05, 4.69) is 15.1 Å². The second-order valence-electron chi connectivity index (χ2n) is 11.5. The van der Waals surface area contributed by atoms with Gasteiger partial charge in [-0.3, -0.25) is 43.9 Å². The molecule has 0 spiro atoms. The van der Waals surface area contributed by atoms with Crippen LogP contribution in [0.1, 0.15) is 42.0 Å². The summed E-state index contributed by atoms with van der Waals surface area (Å²) in [5, 5.41) is 24.8. The van der Waals surface area contributed by atoms with E-state index < -0.39 is 97.9 Å². The summed E-state index contributed by atoms with van der Waals surface area (Å²) in [6.07, 6.45) is 1.67. The summed E-state index contributed by atoms with van der Waals surface area (Å²) in [5.74, 6) is -4.99. The van der Waals surface area contributed by atoms with Gasteiger partial charge in [0.05, 0.1) is 55.9 Å². The summed E-state index contributed by atoms with van der Waals surface area (Å²) in [6, 6.07) is 5.10. The Labute approximate surface area is 324 Å². The number of ketones is 3. The third-order valence-corrected chi connectivity index (χ3v) is 9.89. The van der Waals surface area contributed by atoms with Crippen LogP contribution >= 0.6 is 30.8 Å². The normalized spacial score (nSPS) is 13.7. The van der Waals surface area contributed by atoms with Crippen molar-refractivity contribution in [3.8, 4) is 5.69 Å². The van der Waals surface area contributed by atoms with E-state index in [0.717, 1.165) is 36.8 Å². The number of hydrogen-bond acceptors (Lipinski definition) is 14. The van der Waals surface area contributed by atoms with Crippen LogP contribution in [0.2, 0.25) is 10.0 Å². The number of nitrogens with one attached hydrogen (secondary N) is 2. The van der Waals surface area contributed by atoms with Crippen molar-refractivity contribution in [1.29, 1.82) is 0 Å². The van der Waals surface area contributed by atoms with Crippen molar-refractivity contribution in [3.05, 3.63) is 72.4 Å². The van der Waals surface area contributed by atoms with E-state index in [1.807, 2.05) is 0 Å². The first-order valence-electron chi connectivity index (χ1n) is 15.0. The maximum absolute atomic E-state index is 12.8. The van der Waals surface area contributed by atoms with Crippen LogP contribution < -0.4 is 15.7 Å². The van der Waals surface area contributed by atoms with E-state index in [-0.39, 0.29) is 49.5 Å². The molecule has 56 heavy (non-hydrogen) atoms. The van der Waals surface area contributed by atoms with Crippen LogP contribution in [-0.2, 0) is 38.8 Å². The van der Waals surface area contributed by atoms with Crippen molar-refractivity contribution in [3.63, 3.8) is 0 Å². The Kier molecular flexibility index (Phi) is 16.3. The molecule has 21 nitrogen and oxygen atoms in total. The van der Waals surface area contributed by atoms with Crippen LogP contribution in [0.4, 0.5) is 20.2 Å². The Morgan fingerprint density at radius 2 is 1.62 bits per heavy atom. The molecule has 2 aromatic carbocycles. The highest BCUT2D eigenvalue weighted by Gasteiger charge is 2.39. The summed E-state index contributed by atoms with van der Waals surface area (Å²) < 4.78 is 84.3. The SMILES string of the molecule is CS(=O)(=O)c1ccc(C(=O)C2C(=O)CCCC2=O)c([N+](=O)[O-])c1.Cc1nn(-c2cc(NS(C)(=O)=O)c(Cl)cc2Cl)c(=O)n1C(F)F.O=C(O)CNCP(=O)(O)O. The van der Waals surface area contributed by atoms with Gasteiger partial charge >= 0.3 is 25.8 Å². The third kappa shape index (κ3) is 13.6. The first kappa shape index (κ1) is 47.7. The summed E-state index contributed by atoms with van der Waals surface area (Å²) in [4.78, 5) is 84.1. The number of carboxylic acid groups (broad SMARTS) is 1. The Morgan fingerprint density at radius 3 is 2.07 bits per heavy atom. The van der Waals surface area contributed by atoms with E-state index in [1.54, 1.807) is 0 Å². The smallest absolute Gasteiger partial charge is 0.355 e. The minimum absolute atomic E-state index is 0.0257. The lowest BCUT2D eigenvalue weighted by atomic mass is 9.81. The van der Waals surface area contributed by atoms with Crippen LogP contribution in [0.3, 0.4) is 0 Å².